The number of carboxylic acids is 1. The highest BCUT2D eigenvalue weighted by Crippen LogP contribution is 2.21. The van der Waals surface area contributed by atoms with E-state index in [1.807, 2.05) is 20.8 Å². The lowest BCUT2D eigenvalue weighted by Crippen LogP contribution is -2.36. The van der Waals surface area contributed by atoms with Crippen molar-refractivity contribution in [1.29, 1.82) is 0 Å². The fourth-order valence-electron chi connectivity index (χ4n) is 1.80. The van der Waals surface area contributed by atoms with Gasteiger partial charge in [0.1, 0.15) is 11.9 Å². The molecule has 0 saturated heterocycles. The molecule has 1 unspecified atom stereocenters. The summed E-state index contributed by atoms with van der Waals surface area (Å²) in [5, 5.41) is 21.8. The minimum Gasteiger partial charge on any atom is -0.480 e. The second-order valence-electron chi connectivity index (χ2n) is 5.86. The number of rotatable bonds is 3. The highest BCUT2D eigenvalue weighted by Gasteiger charge is 2.23. The van der Waals surface area contributed by atoms with Gasteiger partial charge in [-0.3, -0.25) is 0 Å². The minimum atomic E-state index is -0.894. The van der Waals surface area contributed by atoms with E-state index in [1.165, 1.54) is 0 Å². The molecule has 2 rings (SSSR count). The van der Waals surface area contributed by atoms with Crippen molar-refractivity contribution in [3.63, 3.8) is 0 Å². The minimum absolute atomic E-state index is 0.192. The predicted octanol–water partition coefficient (Wildman–Crippen LogP) is 1.33. The van der Waals surface area contributed by atoms with Gasteiger partial charge in [0.25, 0.3) is 0 Å². The Balaban J connectivity index is 2.50. The Hall–Kier alpha value is -2.18. The van der Waals surface area contributed by atoms with Crippen LogP contribution in [0.25, 0.3) is 5.65 Å². The molecule has 0 aliphatic carbocycles. The summed E-state index contributed by atoms with van der Waals surface area (Å²) in [6.07, 6.45) is 0. The number of aliphatic carboxylic acids is 1. The SMILES string of the molecule is CC(C(=O)O)N(C)c1ccc2nnc(C(C)(C)C)n2n1. The lowest BCUT2D eigenvalue weighted by Gasteiger charge is -2.22. The maximum atomic E-state index is 11.1. The van der Waals surface area contributed by atoms with Gasteiger partial charge in [0, 0.05) is 12.5 Å². The Kier molecular flexibility index (Phi) is 3.37. The summed E-state index contributed by atoms with van der Waals surface area (Å²) in [7, 11) is 1.70. The van der Waals surface area contributed by atoms with Crippen molar-refractivity contribution in [2.75, 3.05) is 11.9 Å². The summed E-state index contributed by atoms with van der Waals surface area (Å²) < 4.78 is 1.67. The van der Waals surface area contributed by atoms with Crippen LogP contribution in [0.2, 0.25) is 0 Å². The summed E-state index contributed by atoms with van der Waals surface area (Å²) in [5.41, 5.74) is 0.456. The second kappa shape index (κ2) is 4.73. The third kappa shape index (κ3) is 2.43. The molecule has 0 spiro atoms. The zero-order chi connectivity index (χ0) is 15.1. The molecule has 0 bridgehead atoms. The van der Waals surface area contributed by atoms with Crippen LogP contribution >= 0.6 is 0 Å². The summed E-state index contributed by atoms with van der Waals surface area (Å²) in [6, 6.07) is 2.88. The Labute approximate surface area is 117 Å². The van der Waals surface area contributed by atoms with Crippen molar-refractivity contribution in [3.8, 4) is 0 Å². The van der Waals surface area contributed by atoms with Gasteiger partial charge in [0.15, 0.2) is 11.5 Å². The molecule has 0 fully saturated rings. The standard InChI is InChI=1S/C13H19N5O2/c1-8(11(19)20)17(5)10-7-6-9-14-15-12(13(2,3)4)18(9)16-10/h6-8H,1-5H3,(H,19,20). The van der Waals surface area contributed by atoms with Crippen LogP contribution in [-0.4, -0.2) is 44.0 Å². The molecule has 1 N–H and O–H groups in total. The first kappa shape index (κ1) is 14.2. The average molecular weight is 277 g/mol. The monoisotopic (exact) mass is 277 g/mol. The van der Waals surface area contributed by atoms with Crippen LogP contribution in [0.5, 0.6) is 0 Å². The van der Waals surface area contributed by atoms with E-state index >= 15 is 0 Å². The summed E-state index contributed by atoms with van der Waals surface area (Å²) in [5.74, 6) is 0.414. The molecule has 0 saturated carbocycles. The molecule has 0 aromatic carbocycles. The molecular weight excluding hydrogens is 258 g/mol. The van der Waals surface area contributed by atoms with Gasteiger partial charge in [-0.05, 0) is 19.1 Å². The zero-order valence-electron chi connectivity index (χ0n) is 12.3. The Morgan fingerprint density at radius 1 is 1.35 bits per heavy atom. The number of nitrogens with zero attached hydrogens (tertiary/aromatic N) is 5. The molecule has 20 heavy (non-hydrogen) atoms. The van der Waals surface area contributed by atoms with E-state index in [1.54, 1.807) is 35.5 Å². The van der Waals surface area contributed by atoms with Crippen molar-refractivity contribution >= 4 is 17.4 Å². The van der Waals surface area contributed by atoms with Crippen LogP contribution in [0.3, 0.4) is 0 Å². The number of fused-ring (bicyclic) bond motifs is 1. The van der Waals surface area contributed by atoms with Gasteiger partial charge in [0.2, 0.25) is 0 Å². The lowest BCUT2D eigenvalue weighted by atomic mass is 9.96. The van der Waals surface area contributed by atoms with Gasteiger partial charge in [-0.2, -0.15) is 4.52 Å². The number of hydrogen-bond acceptors (Lipinski definition) is 5. The molecule has 0 radical (unpaired) electrons. The Morgan fingerprint density at radius 2 is 2.00 bits per heavy atom. The molecule has 0 aliphatic heterocycles. The highest BCUT2D eigenvalue weighted by atomic mass is 16.4. The lowest BCUT2D eigenvalue weighted by molar-refractivity contribution is -0.138. The average Bonchev–Trinajstić information content (AvgIpc) is 2.79. The molecule has 2 heterocycles. The fraction of sp³-hybridized carbons (Fsp3) is 0.538. The Bertz CT molecular complexity index is 644. The molecule has 108 valence electrons. The van der Waals surface area contributed by atoms with E-state index < -0.39 is 12.0 Å². The number of carbonyl (C=O) groups is 1. The van der Waals surface area contributed by atoms with Crippen molar-refractivity contribution < 1.29 is 9.90 Å². The second-order valence-corrected chi connectivity index (χ2v) is 5.86. The van der Waals surface area contributed by atoms with Crippen LogP contribution < -0.4 is 4.90 Å². The van der Waals surface area contributed by atoms with Crippen LogP contribution in [0, 0.1) is 0 Å². The topological polar surface area (TPSA) is 83.6 Å². The van der Waals surface area contributed by atoms with Gasteiger partial charge >= 0.3 is 5.97 Å². The summed E-state index contributed by atoms with van der Waals surface area (Å²) >= 11 is 0. The van der Waals surface area contributed by atoms with Crippen LogP contribution in [-0.2, 0) is 10.2 Å². The maximum Gasteiger partial charge on any atom is 0.326 e. The van der Waals surface area contributed by atoms with E-state index in [4.69, 9.17) is 5.11 Å². The zero-order valence-corrected chi connectivity index (χ0v) is 12.3. The number of hydrogen-bond donors (Lipinski definition) is 1. The van der Waals surface area contributed by atoms with E-state index in [2.05, 4.69) is 15.3 Å². The van der Waals surface area contributed by atoms with Crippen molar-refractivity contribution in [3.05, 3.63) is 18.0 Å². The quantitative estimate of drug-likeness (QED) is 0.911. The third-order valence-electron chi connectivity index (χ3n) is 3.22. The molecule has 7 nitrogen and oxygen atoms in total. The molecule has 0 aliphatic rings. The third-order valence-corrected chi connectivity index (χ3v) is 3.22. The van der Waals surface area contributed by atoms with Crippen LogP contribution in [0.4, 0.5) is 5.82 Å². The van der Waals surface area contributed by atoms with Gasteiger partial charge in [-0.25, -0.2) is 4.79 Å². The van der Waals surface area contributed by atoms with E-state index in [9.17, 15) is 4.79 Å². The van der Waals surface area contributed by atoms with Crippen molar-refractivity contribution in [1.82, 2.24) is 19.8 Å². The van der Waals surface area contributed by atoms with Crippen molar-refractivity contribution in [2.45, 2.75) is 39.2 Å². The number of aromatic nitrogens is 4. The van der Waals surface area contributed by atoms with Crippen LogP contribution in [0.15, 0.2) is 12.1 Å². The molecule has 7 heteroatoms. The first-order valence-electron chi connectivity index (χ1n) is 6.40. The molecular formula is C13H19N5O2. The molecule has 2 aromatic rings. The highest BCUT2D eigenvalue weighted by molar-refractivity contribution is 5.77. The van der Waals surface area contributed by atoms with E-state index in [0.717, 1.165) is 5.82 Å². The number of anilines is 1. The van der Waals surface area contributed by atoms with Gasteiger partial charge in [0.05, 0.1) is 0 Å². The first-order valence-corrected chi connectivity index (χ1v) is 6.40. The van der Waals surface area contributed by atoms with Gasteiger partial charge < -0.3 is 10.0 Å². The Morgan fingerprint density at radius 3 is 2.55 bits per heavy atom. The normalized spacial score (nSPS) is 13.4. The fourth-order valence-corrected chi connectivity index (χ4v) is 1.80. The predicted molar refractivity (Wildman–Crippen MR) is 75.0 cm³/mol. The first-order chi connectivity index (χ1) is 9.21. The smallest absolute Gasteiger partial charge is 0.326 e. The molecule has 0 amide bonds. The molecule has 1 atom stereocenters. The van der Waals surface area contributed by atoms with Gasteiger partial charge in [-0.1, -0.05) is 20.8 Å². The largest absolute Gasteiger partial charge is 0.480 e. The number of carboxylic acid groups (broad SMARTS) is 1. The molecule has 2 aromatic heterocycles. The maximum absolute atomic E-state index is 11.1. The van der Waals surface area contributed by atoms with Crippen molar-refractivity contribution in [2.24, 2.45) is 0 Å². The van der Waals surface area contributed by atoms with Gasteiger partial charge in [-0.15, -0.1) is 15.3 Å². The summed E-state index contributed by atoms with van der Waals surface area (Å²) in [4.78, 5) is 12.7. The van der Waals surface area contributed by atoms with E-state index in [-0.39, 0.29) is 5.41 Å². The van der Waals surface area contributed by atoms with Crippen LogP contribution in [0.1, 0.15) is 33.5 Å². The number of likely N-dealkylation sites (N-methyl/N-ethyl adjacent to an activating group) is 1. The summed E-state index contributed by atoms with van der Waals surface area (Å²) in [6.45, 7) is 7.70. The van der Waals surface area contributed by atoms with E-state index in [0.29, 0.717) is 11.5 Å².